The average Bonchev–Trinajstić information content (AvgIpc) is 2.76. The fraction of sp³-hybridized carbons (Fsp3) is 0.133. The molecule has 2 aromatic heterocycles. The van der Waals surface area contributed by atoms with Crippen LogP contribution in [0.5, 0.6) is 0 Å². The molecule has 0 unspecified atom stereocenters. The number of aryl methyl sites for hydroxylation is 1. The van der Waals surface area contributed by atoms with Gasteiger partial charge in [-0.15, -0.1) is 10.2 Å². The second-order valence-corrected chi connectivity index (χ2v) is 4.64. The quantitative estimate of drug-likeness (QED) is 0.773. The van der Waals surface area contributed by atoms with Gasteiger partial charge in [0.15, 0.2) is 0 Å². The van der Waals surface area contributed by atoms with E-state index in [0.29, 0.717) is 5.82 Å². The Hall–Kier alpha value is -2.69. The molecular formula is C15H15N5. The Labute approximate surface area is 117 Å². The van der Waals surface area contributed by atoms with Crippen LogP contribution in [0.3, 0.4) is 0 Å². The number of nitrogens with two attached hydrogens (primary N) is 1. The van der Waals surface area contributed by atoms with E-state index >= 15 is 0 Å². The van der Waals surface area contributed by atoms with Gasteiger partial charge < -0.3 is 5.73 Å². The molecule has 0 aliphatic carbocycles. The van der Waals surface area contributed by atoms with Gasteiger partial charge in [0.1, 0.15) is 5.82 Å². The van der Waals surface area contributed by atoms with Crippen LogP contribution in [0.15, 0.2) is 42.5 Å². The summed E-state index contributed by atoms with van der Waals surface area (Å²) in [6, 6.07) is 13.6. The number of rotatable bonds is 2. The molecule has 0 aliphatic heterocycles. The number of anilines is 1. The number of nitrogens with zero attached hydrogens (tertiary/aromatic N) is 4. The predicted molar refractivity (Wildman–Crippen MR) is 78.5 cm³/mol. The lowest BCUT2D eigenvalue weighted by atomic mass is 10.1. The molecule has 5 heteroatoms. The van der Waals surface area contributed by atoms with Crippen molar-refractivity contribution in [2.24, 2.45) is 0 Å². The summed E-state index contributed by atoms with van der Waals surface area (Å²) in [6.45, 7) is 4.00. The molecule has 0 spiro atoms. The zero-order chi connectivity index (χ0) is 14.1. The molecule has 2 heterocycles. The van der Waals surface area contributed by atoms with Crippen molar-refractivity contribution in [3.05, 3.63) is 53.9 Å². The number of nitrogen functional groups attached to an aromatic ring is 1. The first-order valence-electron chi connectivity index (χ1n) is 6.38. The van der Waals surface area contributed by atoms with Gasteiger partial charge in [-0.05, 0) is 38.1 Å². The van der Waals surface area contributed by atoms with Gasteiger partial charge >= 0.3 is 0 Å². The molecule has 1 aromatic carbocycles. The highest BCUT2D eigenvalue weighted by Crippen LogP contribution is 2.26. The molecule has 0 radical (unpaired) electrons. The molecule has 0 atom stereocenters. The second kappa shape index (κ2) is 4.77. The van der Waals surface area contributed by atoms with Crippen LogP contribution in [0.25, 0.3) is 16.9 Å². The molecular weight excluding hydrogens is 250 g/mol. The van der Waals surface area contributed by atoms with E-state index in [4.69, 9.17) is 5.73 Å². The fourth-order valence-corrected chi connectivity index (χ4v) is 2.31. The van der Waals surface area contributed by atoms with Gasteiger partial charge in [0.25, 0.3) is 0 Å². The number of para-hydroxylation sites is 1. The minimum atomic E-state index is 0.416. The van der Waals surface area contributed by atoms with E-state index in [9.17, 15) is 0 Å². The lowest BCUT2D eigenvalue weighted by Gasteiger charge is -2.04. The Morgan fingerprint density at radius 1 is 0.950 bits per heavy atom. The molecule has 3 aromatic rings. The highest BCUT2D eigenvalue weighted by Gasteiger charge is 2.15. The molecule has 2 N–H and O–H groups in total. The SMILES string of the molecule is Cc1nn(-c2ccccc2)c(C)c1-c1ccc(N)nn1. The summed E-state index contributed by atoms with van der Waals surface area (Å²) in [4.78, 5) is 0. The topological polar surface area (TPSA) is 69.6 Å². The Morgan fingerprint density at radius 3 is 2.35 bits per heavy atom. The van der Waals surface area contributed by atoms with Crippen LogP contribution >= 0.6 is 0 Å². The summed E-state index contributed by atoms with van der Waals surface area (Å²) in [7, 11) is 0. The Morgan fingerprint density at radius 2 is 1.70 bits per heavy atom. The van der Waals surface area contributed by atoms with Gasteiger partial charge in [-0.1, -0.05) is 18.2 Å². The maximum atomic E-state index is 5.58. The van der Waals surface area contributed by atoms with Gasteiger partial charge in [0, 0.05) is 5.56 Å². The van der Waals surface area contributed by atoms with Gasteiger partial charge in [-0.2, -0.15) is 5.10 Å². The monoisotopic (exact) mass is 265 g/mol. The van der Waals surface area contributed by atoms with E-state index in [2.05, 4.69) is 15.3 Å². The van der Waals surface area contributed by atoms with Crippen molar-refractivity contribution in [3.8, 4) is 16.9 Å². The summed E-state index contributed by atoms with van der Waals surface area (Å²) in [5, 5.41) is 12.7. The van der Waals surface area contributed by atoms with Crippen LogP contribution < -0.4 is 5.73 Å². The van der Waals surface area contributed by atoms with E-state index in [1.165, 1.54) is 0 Å². The third kappa shape index (κ3) is 2.03. The molecule has 0 aliphatic rings. The van der Waals surface area contributed by atoms with E-state index in [1.807, 2.05) is 54.9 Å². The molecule has 0 bridgehead atoms. The van der Waals surface area contributed by atoms with Gasteiger partial charge in [0.2, 0.25) is 0 Å². The Bertz CT molecular complexity index is 729. The molecule has 0 amide bonds. The molecule has 0 saturated carbocycles. The lowest BCUT2D eigenvalue weighted by molar-refractivity contribution is 0.834. The Balaban J connectivity index is 2.14. The maximum absolute atomic E-state index is 5.58. The normalized spacial score (nSPS) is 10.7. The molecule has 0 fully saturated rings. The number of hydrogen-bond donors (Lipinski definition) is 1. The largest absolute Gasteiger partial charge is 0.382 e. The maximum Gasteiger partial charge on any atom is 0.146 e. The molecule has 20 heavy (non-hydrogen) atoms. The lowest BCUT2D eigenvalue weighted by Crippen LogP contribution is -1.99. The van der Waals surface area contributed by atoms with Crippen LogP contribution in [0.4, 0.5) is 5.82 Å². The standard InChI is InChI=1S/C15H15N5/c1-10-15(13-8-9-14(16)18-17-13)11(2)20(19-10)12-6-4-3-5-7-12/h3-9H,1-2H3,(H2,16,18). The number of hydrogen-bond acceptors (Lipinski definition) is 4. The number of aromatic nitrogens is 4. The van der Waals surface area contributed by atoms with E-state index in [-0.39, 0.29) is 0 Å². The van der Waals surface area contributed by atoms with Crippen LogP contribution in [0.2, 0.25) is 0 Å². The van der Waals surface area contributed by atoms with Crippen molar-refractivity contribution in [2.75, 3.05) is 5.73 Å². The highest BCUT2D eigenvalue weighted by atomic mass is 15.3. The van der Waals surface area contributed by atoms with Crippen LogP contribution in [0, 0.1) is 13.8 Å². The summed E-state index contributed by atoms with van der Waals surface area (Å²) < 4.78 is 1.92. The highest BCUT2D eigenvalue weighted by molar-refractivity contribution is 5.65. The van der Waals surface area contributed by atoms with Crippen LogP contribution in [-0.4, -0.2) is 20.0 Å². The molecule has 100 valence electrons. The van der Waals surface area contributed by atoms with Gasteiger partial charge in [0.05, 0.1) is 22.8 Å². The zero-order valence-corrected chi connectivity index (χ0v) is 11.4. The summed E-state index contributed by atoms with van der Waals surface area (Å²) in [5.74, 6) is 0.416. The first-order chi connectivity index (χ1) is 9.66. The van der Waals surface area contributed by atoms with Crippen molar-refractivity contribution < 1.29 is 0 Å². The minimum Gasteiger partial charge on any atom is -0.382 e. The first-order valence-corrected chi connectivity index (χ1v) is 6.38. The van der Waals surface area contributed by atoms with E-state index in [0.717, 1.165) is 28.3 Å². The first kappa shape index (κ1) is 12.3. The average molecular weight is 265 g/mol. The summed E-state index contributed by atoms with van der Waals surface area (Å²) in [6.07, 6.45) is 0. The van der Waals surface area contributed by atoms with Gasteiger partial charge in [-0.3, -0.25) is 0 Å². The van der Waals surface area contributed by atoms with Crippen molar-refractivity contribution in [3.63, 3.8) is 0 Å². The van der Waals surface area contributed by atoms with Crippen LogP contribution in [0.1, 0.15) is 11.4 Å². The number of benzene rings is 1. The van der Waals surface area contributed by atoms with Crippen molar-refractivity contribution in [1.29, 1.82) is 0 Å². The van der Waals surface area contributed by atoms with E-state index in [1.54, 1.807) is 6.07 Å². The van der Waals surface area contributed by atoms with Crippen molar-refractivity contribution >= 4 is 5.82 Å². The summed E-state index contributed by atoms with van der Waals surface area (Å²) in [5.41, 5.74) is 10.4. The molecule has 0 saturated heterocycles. The van der Waals surface area contributed by atoms with Crippen LogP contribution in [-0.2, 0) is 0 Å². The fourth-order valence-electron chi connectivity index (χ4n) is 2.31. The Kier molecular flexibility index (Phi) is 2.95. The molecule has 3 rings (SSSR count). The zero-order valence-electron chi connectivity index (χ0n) is 11.4. The van der Waals surface area contributed by atoms with E-state index < -0.39 is 0 Å². The second-order valence-electron chi connectivity index (χ2n) is 4.64. The third-order valence-corrected chi connectivity index (χ3v) is 3.23. The van der Waals surface area contributed by atoms with Crippen molar-refractivity contribution in [1.82, 2.24) is 20.0 Å². The summed E-state index contributed by atoms with van der Waals surface area (Å²) >= 11 is 0. The minimum absolute atomic E-state index is 0.416. The predicted octanol–water partition coefficient (Wildman–Crippen LogP) is 2.53. The van der Waals surface area contributed by atoms with Crippen molar-refractivity contribution in [2.45, 2.75) is 13.8 Å². The molecule has 5 nitrogen and oxygen atoms in total. The third-order valence-electron chi connectivity index (χ3n) is 3.23. The van der Waals surface area contributed by atoms with Gasteiger partial charge in [-0.25, -0.2) is 4.68 Å². The smallest absolute Gasteiger partial charge is 0.146 e.